The minimum absolute atomic E-state index is 0.0784. The van der Waals surface area contributed by atoms with E-state index in [-0.39, 0.29) is 34.3 Å². The Hall–Kier alpha value is -2.35. The zero-order chi connectivity index (χ0) is 20.1. The van der Waals surface area contributed by atoms with Crippen LogP contribution < -0.4 is 10.9 Å². The van der Waals surface area contributed by atoms with Gasteiger partial charge in [0, 0.05) is 6.04 Å². The molecule has 1 aliphatic carbocycles. The topological polar surface area (TPSA) is 84.2 Å². The Morgan fingerprint density at radius 3 is 2.61 bits per heavy atom. The van der Waals surface area contributed by atoms with Crippen LogP contribution in [0.4, 0.5) is 4.39 Å². The smallest absolute Gasteiger partial charge is 0.265 e. The summed E-state index contributed by atoms with van der Waals surface area (Å²) >= 11 is 1.08. The molecule has 28 heavy (non-hydrogen) atoms. The van der Waals surface area contributed by atoms with Crippen LogP contribution in [0.5, 0.6) is 5.88 Å². The monoisotopic (exact) mass is 405 g/mol. The first-order chi connectivity index (χ1) is 13.5. The van der Waals surface area contributed by atoms with Gasteiger partial charge in [0.15, 0.2) is 5.16 Å². The summed E-state index contributed by atoms with van der Waals surface area (Å²) < 4.78 is 14.6. The molecule has 0 atom stereocenters. The van der Waals surface area contributed by atoms with Crippen LogP contribution in [0.3, 0.4) is 0 Å². The van der Waals surface area contributed by atoms with E-state index in [2.05, 4.69) is 10.3 Å². The van der Waals surface area contributed by atoms with Gasteiger partial charge in [0.2, 0.25) is 11.8 Å². The number of amides is 1. The number of thioether (sulfide) groups is 1. The van der Waals surface area contributed by atoms with E-state index in [1.54, 1.807) is 6.92 Å². The highest BCUT2D eigenvalue weighted by Crippen LogP contribution is 2.23. The predicted molar refractivity (Wildman–Crippen MR) is 107 cm³/mol. The number of hydrogen-bond donors (Lipinski definition) is 2. The summed E-state index contributed by atoms with van der Waals surface area (Å²) in [6, 6.07) is 5.65. The van der Waals surface area contributed by atoms with Crippen molar-refractivity contribution in [3.05, 3.63) is 46.0 Å². The summed E-state index contributed by atoms with van der Waals surface area (Å²) in [5.41, 5.74) is 0.195. The largest absolute Gasteiger partial charge is 0.493 e. The minimum atomic E-state index is -0.420. The van der Waals surface area contributed by atoms with Crippen LogP contribution in [0.15, 0.2) is 34.2 Å². The maximum Gasteiger partial charge on any atom is 0.265 e. The van der Waals surface area contributed by atoms with Crippen molar-refractivity contribution < 1.29 is 14.3 Å². The van der Waals surface area contributed by atoms with Crippen LogP contribution in [0.1, 0.15) is 44.6 Å². The van der Waals surface area contributed by atoms with Crippen LogP contribution in [-0.4, -0.2) is 32.4 Å². The van der Waals surface area contributed by atoms with E-state index in [0.717, 1.165) is 37.4 Å². The minimum Gasteiger partial charge on any atom is -0.493 e. The van der Waals surface area contributed by atoms with Crippen molar-refractivity contribution in [2.24, 2.45) is 0 Å². The molecule has 1 saturated carbocycles. The molecule has 150 valence electrons. The zero-order valence-electron chi connectivity index (χ0n) is 15.8. The Kier molecular flexibility index (Phi) is 6.72. The standard InChI is InChI=1S/C20H24FN3O3S/c1-2-16-18(26)23-20(24(19(16)27)15-10-8-13(21)9-11-15)28-12-17(25)22-14-6-4-3-5-7-14/h8-11,14,26H,2-7,12H2,1H3,(H,22,25). The molecule has 1 aliphatic rings. The molecule has 0 spiro atoms. The average Bonchev–Trinajstić information content (AvgIpc) is 2.68. The van der Waals surface area contributed by atoms with Gasteiger partial charge in [-0.15, -0.1) is 0 Å². The second-order valence-corrected chi connectivity index (χ2v) is 7.80. The number of nitrogens with one attached hydrogen (secondary N) is 1. The zero-order valence-corrected chi connectivity index (χ0v) is 16.6. The molecule has 2 N–H and O–H groups in total. The third-order valence-electron chi connectivity index (χ3n) is 4.87. The van der Waals surface area contributed by atoms with Gasteiger partial charge in [0.1, 0.15) is 5.82 Å². The molecule has 1 heterocycles. The van der Waals surface area contributed by atoms with Gasteiger partial charge in [-0.25, -0.2) is 4.39 Å². The van der Waals surface area contributed by atoms with Gasteiger partial charge in [-0.2, -0.15) is 4.98 Å². The van der Waals surface area contributed by atoms with Crippen molar-refractivity contribution in [2.45, 2.75) is 56.6 Å². The van der Waals surface area contributed by atoms with E-state index < -0.39 is 11.4 Å². The van der Waals surface area contributed by atoms with Crippen LogP contribution in [0.2, 0.25) is 0 Å². The maximum atomic E-state index is 13.3. The maximum absolute atomic E-state index is 13.3. The molecular formula is C20H24FN3O3S. The van der Waals surface area contributed by atoms with E-state index in [0.29, 0.717) is 12.1 Å². The fraction of sp³-hybridized carbons (Fsp3) is 0.450. The van der Waals surface area contributed by atoms with Gasteiger partial charge in [0.05, 0.1) is 17.0 Å². The third kappa shape index (κ3) is 4.73. The fourth-order valence-corrected chi connectivity index (χ4v) is 4.21. The lowest BCUT2D eigenvalue weighted by Gasteiger charge is -2.22. The van der Waals surface area contributed by atoms with E-state index in [4.69, 9.17) is 0 Å². The Labute approximate surface area is 167 Å². The molecule has 1 aromatic heterocycles. The molecule has 2 aromatic rings. The summed E-state index contributed by atoms with van der Waals surface area (Å²) in [6.07, 6.45) is 5.73. The molecule has 8 heteroatoms. The van der Waals surface area contributed by atoms with Crippen LogP contribution in [0, 0.1) is 5.82 Å². The number of hydrogen-bond acceptors (Lipinski definition) is 5. The lowest BCUT2D eigenvalue weighted by Crippen LogP contribution is -2.37. The fourth-order valence-electron chi connectivity index (χ4n) is 3.40. The van der Waals surface area contributed by atoms with E-state index in [1.165, 1.54) is 35.3 Å². The number of rotatable bonds is 6. The third-order valence-corrected chi connectivity index (χ3v) is 5.80. The van der Waals surface area contributed by atoms with Gasteiger partial charge < -0.3 is 10.4 Å². The van der Waals surface area contributed by atoms with Crippen LogP contribution in [-0.2, 0) is 11.2 Å². The molecule has 0 saturated heterocycles. The Balaban J connectivity index is 1.84. The van der Waals surface area contributed by atoms with Gasteiger partial charge in [-0.05, 0) is 43.5 Å². The van der Waals surface area contributed by atoms with Crippen molar-refractivity contribution >= 4 is 17.7 Å². The van der Waals surface area contributed by atoms with Crippen molar-refractivity contribution in [1.29, 1.82) is 0 Å². The first-order valence-corrected chi connectivity index (χ1v) is 10.5. The number of carbonyl (C=O) groups is 1. The van der Waals surface area contributed by atoms with Crippen molar-refractivity contribution in [3.8, 4) is 11.6 Å². The van der Waals surface area contributed by atoms with Crippen molar-refractivity contribution in [1.82, 2.24) is 14.9 Å². The summed E-state index contributed by atoms with van der Waals surface area (Å²) in [7, 11) is 0. The lowest BCUT2D eigenvalue weighted by atomic mass is 9.95. The molecule has 1 fully saturated rings. The molecule has 0 radical (unpaired) electrons. The molecule has 6 nitrogen and oxygen atoms in total. The number of benzene rings is 1. The highest BCUT2D eigenvalue weighted by atomic mass is 32.2. The average molecular weight is 405 g/mol. The van der Waals surface area contributed by atoms with Crippen molar-refractivity contribution in [3.63, 3.8) is 0 Å². The van der Waals surface area contributed by atoms with Crippen molar-refractivity contribution in [2.75, 3.05) is 5.75 Å². The Morgan fingerprint density at radius 1 is 1.29 bits per heavy atom. The van der Waals surface area contributed by atoms with Gasteiger partial charge in [0.25, 0.3) is 5.56 Å². The lowest BCUT2D eigenvalue weighted by molar-refractivity contribution is -0.119. The molecular weight excluding hydrogens is 381 g/mol. The van der Waals surface area contributed by atoms with Crippen LogP contribution >= 0.6 is 11.8 Å². The van der Waals surface area contributed by atoms with Gasteiger partial charge in [-0.1, -0.05) is 37.9 Å². The molecule has 1 aromatic carbocycles. The second-order valence-electron chi connectivity index (χ2n) is 6.86. The molecule has 0 bridgehead atoms. The molecule has 0 unspecified atom stereocenters. The summed E-state index contributed by atoms with van der Waals surface area (Å²) in [4.78, 5) is 29.3. The van der Waals surface area contributed by atoms with E-state index in [1.807, 2.05) is 0 Å². The molecule has 3 rings (SSSR count). The summed E-state index contributed by atoms with van der Waals surface area (Å²) in [6.45, 7) is 1.75. The number of nitrogens with zero attached hydrogens (tertiary/aromatic N) is 2. The van der Waals surface area contributed by atoms with E-state index in [9.17, 15) is 19.1 Å². The predicted octanol–water partition coefficient (Wildman–Crippen LogP) is 3.18. The number of halogens is 1. The summed E-state index contributed by atoms with van der Waals surface area (Å²) in [5.74, 6) is -0.799. The Morgan fingerprint density at radius 2 is 1.96 bits per heavy atom. The Bertz CT molecular complexity index is 893. The van der Waals surface area contributed by atoms with E-state index >= 15 is 0 Å². The SMILES string of the molecule is CCc1c(O)nc(SCC(=O)NC2CCCCC2)n(-c2ccc(F)cc2)c1=O. The van der Waals surface area contributed by atoms with Gasteiger partial charge in [-0.3, -0.25) is 14.2 Å². The number of carbonyl (C=O) groups excluding carboxylic acids is 1. The first-order valence-electron chi connectivity index (χ1n) is 9.52. The van der Waals surface area contributed by atoms with Crippen LogP contribution in [0.25, 0.3) is 5.69 Å². The highest BCUT2D eigenvalue weighted by molar-refractivity contribution is 7.99. The number of aromatic hydroxyl groups is 1. The highest BCUT2D eigenvalue weighted by Gasteiger charge is 2.19. The van der Waals surface area contributed by atoms with Gasteiger partial charge >= 0.3 is 0 Å². The molecule has 0 aliphatic heterocycles. The first kappa shape index (κ1) is 20.4. The number of aromatic nitrogens is 2. The second kappa shape index (κ2) is 9.23. The molecule has 1 amide bonds. The normalized spacial score (nSPS) is 14.8. The quantitative estimate of drug-likeness (QED) is 0.570. The summed E-state index contributed by atoms with van der Waals surface area (Å²) in [5, 5.41) is 13.3.